The molecular weight excluding hydrogens is 266 g/mol. The molecule has 0 spiro atoms. The zero-order valence-corrected chi connectivity index (χ0v) is 12.1. The molecule has 0 amide bonds. The molecule has 0 radical (unpaired) electrons. The first-order valence-electron chi connectivity index (χ1n) is 5.92. The molecule has 0 aliphatic rings. The highest BCUT2D eigenvalue weighted by atomic mass is 35.5. The highest BCUT2D eigenvalue weighted by Gasteiger charge is 2.08. The number of rotatable bonds is 5. The van der Waals surface area contributed by atoms with Crippen molar-refractivity contribution in [1.29, 1.82) is 0 Å². The number of halogens is 1. The van der Waals surface area contributed by atoms with Crippen molar-refractivity contribution in [3.63, 3.8) is 0 Å². The summed E-state index contributed by atoms with van der Waals surface area (Å²) in [7, 11) is 0. The van der Waals surface area contributed by atoms with E-state index in [4.69, 9.17) is 11.6 Å². The maximum Gasteiger partial charge on any atom is 0.183 e. The van der Waals surface area contributed by atoms with Crippen LogP contribution in [0, 0.1) is 6.92 Å². The van der Waals surface area contributed by atoms with Gasteiger partial charge in [0.25, 0.3) is 0 Å². The number of aryl methyl sites for hydroxylation is 1. The van der Waals surface area contributed by atoms with E-state index < -0.39 is 0 Å². The molecule has 0 N–H and O–H groups in total. The van der Waals surface area contributed by atoms with Crippen molar-refractivity contribution < 1.29 is 0 Å². The van der Waals surface area contributed by atoms with Crippen LogP contribution in [0.15, 0.2) is 24.4 Å². The van der Waals surface area contributed by atoms with Crippen molar-refractivity contribution in [2.75, 3.05) is 6.54 Å². The first-order chi connectivity index (χ1) is 8.67. The van der Waals surface area contributed by atoms with Crippen molar-refractivity contribution >= 4 is 22.9 Å². The zero-order valence-electron chi connectivity index (χ0n) is 10.6. The van der Waals surface area contributed by atoms with Crippen LogP contribution >= 0.6 is 22.9 Å². The van der Waals surface area contributed by atoms with E-state index in [0.29, 0.717) is 4.47 Å². The minimum absolute atomic E-state index is 0.606. The van der Waals surface area contributed by atoms with Gasteiger partial charge in [0, 0.05) is 29.9 Å². The topological polar surface area (TPSA) is 29.0 Å². The van der Waals surface area contributed by atoms with E-state index in [2.05, 4.69) is 33.9 Å². The van der Waals surface area contributed by atoms with Crippen LogP contribution in [0.25, 0.3) is 0 Å². The van der Waals surface area contributed by atoms with Gasteiger partial charge in [0.15, 0.2) is 4.47 Å². The Balaban J connectivity index is 2.01. The second-order valence-corrected chi connectivity index (χ2v) is 5.85. The van der Waals surface area contributed by atoms with Gasteiger partial charge >= 0.3 is 0 Å². The Kier molecular flexibility index (Phi) is 4.69. The fourth-order valence-electron chi connectivity index (χ4n) is 1.77. The Bertz CT molecular complexity index is 512. The molecule has 5 heteroatoms. The minimum atomic E-state index is 0.606. The molecule has 0 aliphatic heterocycles. The third kappa shape index (κ3) is 3.77. The minimum Gasteiger partial charge on any atom is -0.293 e. The largest absolute Gasteiger partial charge is 0.293 e. The highest BCUT2D eigenvalue weighted by Crippen LogP contribution is 2.19. The lowest BCUT2D eigenvalue weighted by molar-refractivity contribution is 0.270. The second kappa shape index (κ2) is 6.27. The average molecular weight is 282 g/mol. The monoisotopic (exact) mass is 281 g/mol. The van der Waals surface area contributed by atoms with Gasteiger partial charge in [-0.3, -0.25) is 9.88 Å². The molecule has 2 aromatic rings. The number of nitrogens with zero attached hydrogens (tertiary/aromatic N) is 3. The average Bonchev–Trinajstić information content (AvgIpc) is 2.74. The van der Waals surface area contributed by atoms with Gasteiger partial charge in [-0.15, -0.1) is 11.3 Å². The maximum absolute atomic E-state index is 5.84. The molecule has 0 bridgehead atoms. The molecule has 0 saturated heterocycles. The predicted octanol–water partition coefficient (Wildman–Crippen LogP) is 3.52. The molecular formula is C13H16ClN3S. The number of hydrogen-bond donors (Lipinski definition) is 0. The third-order valence-electron chi connectivity index (χ3n) is 2.68. The summed E-state index contributed by atoms with van der Waals surface area (Å²) in [5.74, 6) is 0. The lowest BCUT2D eigenvalue weighted by Crippen LogP contribution is -2.22. The lowest BCUT2D eigenvalue weighted by atomic mass is 10.3. The third-order valence-corrected chi connectivity index (χ3v) is 3.78. The van der Waals surface area contributed by atoms with E-state index in [9.17, 15) is 0 Å². The van der Waals surface area contributed by atoms with E-state index in [-0.39, 0.29) is 0 Å². The Labute approximate surface area is 116 Å². The molecule has 3 nitrogen and oxygen atoms in total. The summed E-state index contributed by atoms with van der Waals surface area (Å²) in [6.07, 6.45) is 1.85. The lowest BCUT2D eigenvalue weighted by Gasteiger charge is -2.18. The van der Waals surface area contributed by atoms with Gasteiger partial charge < -0.3 is 0 Å². The summed E-state index contributed by atoms with van der Waals surface area (Å²) in [6.45, 7) is 6.87. The van der Waals surface area contributed by atoms with Crippen molar-refractivity contribution in [3.05, 3.63) is 45.1 Å². The van der Waals surface area contributed by atoms with E-state index in [0.717, 1.165) is 31.0 Å². The molecule has 2 aromatic heterocycles. The number of aromatic nitrogens is 2. The zero-order chi connectivity index (χ0) is 13.0. The Morgan fingerprint density at radius 3 is 2.78 bits per heavy atom. The quantitative estimate of drug-likeness (QED) is 0.840. The molecule has 0 unspecified atom stereocenters. The summed E-state index contributed by atoms with van der Waals surface area (Å²) in [5, 5.41) is 0. The first kappa shape index (κ1) is 13.5. The maximum atomic E-state index is 5.84. The van der Waals surface area contributed by atoms with Gasteiger partial charge in [-0.2, -0.15) is 0 Å². The van der Waals surface area contributed by atoms with Gasteiger partial charge in [-0.1, -0.05) is 24.6 Å². The van der Waals surface area contributed by atoms with Crippen LogP contribution in [0.1, 0.15) is 23.2 Å². The Morgan fingerprint density at radius 2 is 2.17 bits per heavy atom. The van der Waals surface area contributed by atoms with Crippen LogP contribution in [0.2, 0.25) is 4.47 Å². The summed E-state index contributed by atoms with van der Waals surface area (Å²) >= 11 is 7.38. The van der Waals surface area contributed by atoms with Crippen LogP contribution < -0.4 is 0 Å². The normalized spacial score (nSPS) is 11.1. The highest BCUT2D eigenvalue weighted by molar-refractivity contribution is 7.15. The van der Waals surface area contributed by atoms with Crippen molar-refractivity contribution in [2.45, 2.75) is 26.9 Å². The van der Waals surface area contributed by atoms with Crippen molar-refractivity contribution in [1.82, 2.24) is 14.9 Å². The van der Waals surface area contributed by atoms with E-state index >= 15 is 0 Å². The number of hydrogen-bond acceptors (Lipinski definition) is 4. The molecule has 2 heterocycles. The molecule has 96 valence electrons. The Morgan fingerprint density at radius 1 is 1.33 bits per heavy atom. The molecule has 0 saturated carbocycles. The van der Waals surface area contributed by atoms with Crippen LogP contribution in [-0.4, -0.2) is 21.4 Å². The van der Waals surface area contributed by atoms with Crippen LogP contribution in [0.4, 0.5) is 0 Å². The predicted molar refractivity (Wildman–Crippen MR) is 75.9 cm³/mol. The number of pyridine rings is 1. The van der Waals surface area contributed by atoms with Gasteiger partial charge in [-0.05, 0) is 25.6 Å². The van der Waals surface area contributed by atoms with Gasteiger partial charge in [0.05, 0.1) is 5.69 Å². The van der Waals surface area contributed by atoms with Crippen LogP contribution in [0.5, 0.6) is 0 Å². The summed E-state index contributed by atoms with van der Waals surface area (Å²) in [6, 6.07) is 6.13. The molecule has 0 atom stereocenters. The molecule has 2 rings (SSSR count). The molecule has 0 aliphatic carbocycles. The number of thiazole rings is 1. The second-order valence-electron chi connectivity index (χ2n) is 4.15. The fourth-order valence-corrected chi connectivity index (χ4v) is 2.79. The first-order valence-corrected chi connectivity index (χ1v) is 7.12. The fraction of sp³-hybridized carbons (Fsp3) is 0.385. The smallest absolute Gasteiger partial charge is 0.183 e. The molecule has 0 aromatic carbocycles. The van der Waals surface area contributed by atoms with E-state index in [1.807, 2.05) is 19.2 Å². The SMILES string of the molecule is CCN(Cc1cccc(C)n1)Cc1cnc(Cl)s1. The van der Waals surface area contributed by atoms with E-state index in [1.54, 1.807) is 0 Å². The summed E-state index contributed by atoms with van der Waals surface area (Å²) in [4.78, 5) is 12.1. The van der Waals surface area contributed by atoms with Crippen LogP contribution in [0.3, 0.4) is 0 Å². The summed E-state index contributed by atoms with van der Waals surface area (Å²) in [5.41, 5.74) is 2.16. The molecule has 0 fully saturated rings. The van der Waals surface area contributed by atoms with Gasteiger partial charge in [-0.25, -0.2) is 4.98 Å². The summed E-state index contributed by atoms with van der Waals surface area (Å²) < 4.78 is 0.606. The van der Waals surface area contributed by atoms with Crippen LogP contribution in [-0.2, 0) is 13.1 Å². The van der Waals surface area contributed by atoms with E-state index in [1.165, 1.54) is 16.2 Å². The Hall–Kier alpha value is -0.970. The van der Waals surface area contributed by atoms with Gasteiger partial charge in [0.2, 0.25) is 0 Å². The van der Waals surface area contributed by atoms with Crippen molar-refractivity contribution in [3.8, 4) is 0 Å². The van der Waals surface area contributed by atoms with Crippen molar-refractivity contribution in [2.24, 2.45) is 0 Å². The van der Waals surface area contributed by atoms with Gasteiger partial charge in [0.1, 0.15) is 0 Å². The molecule has 18 heavy (non-hydrogen) atoms. The standard InChI is InChI=1S/C13H16ClN3S/c1-3-17(9-12-7-15-13(14)18-12)8-11-6-4-5-10(2)16-11/h4-7H,3,8-9H2,1-2H3.